The summed E-state index contributed by atoms with van der Waals surface area (Å²) in [6.07, 6.45) is 7.08. The van der Waals surface area contributed by atoms with E-state index >= 15 is 0 Å². The van der Waals surface area contributed by atoms with Crippen LogP contribution in [-0.2, 0) is 8.85 Å². The lowest BCUT2D eigenvalue weighted by molar-refractivity contribution is 0.266. The Morgan fingerprint density at radius 1 is 1.29 bits per heavy atom. The van der Waals surface area contributed by atoms with Gasteiger partial charge in [-0.2, -0.15) is 0 Å². The zero-order valence-electron chi connectivity index (χ0n) is 9.22. The third-order valence-corrected chi connectivity index (χ3v) is 4.66. The normalized spacial score (nSPS) is 16.9. The van der Waals surface area contributed by atoms with Gasteiger partial charge in [-0.05, 0) is 37.8 Å². The summed E-state index contributed by atoms with van der Waals surface area (Å²) in [7, 11) is 1.15. The predicted molar refractivity (Wildman–Crippen MR) is 60.0 cm³/mol. The van der Waals surface area contributed by atoms with Crippen LogP contribution in [0.5, 0.6) is 0 Å². The van der Waals surface area contributed by atoms with Gasteiger partial charge in [-0.15, -0.1) is 0 Å². The van der Waals surface area contributed by atoms with Crippen LogP contribution in [0.25, 0.3) is 0 Å². The van der Waals surface area contributed by atoms with Crippen molar-refractivity contribution in [2.45, 2.75) is 32.2 Å². The van der Waals surface area contributed by atoms with Crippen LogP contribution < -0.4 is 0 Å². The van der Waals surface area contributed by atoms with E-state index in [2.05, 4.69) is 17.5 Å². The van der Waals surface area contributed by atoms with Crippen molar-refractivity contribution in [1.29, 1.82) is 0 Å². The molecular formula is C11H18O2Si. The molecule has 1 rings (SSSR count). The molecule has 14 heavy (non-hydrogen) atoms. The topological polar surface area (TPSA) is 18.5 Å². The lowest BCUT2D eigenvalue weighted by Gasteiger charge is -2.15. The molecule has 0 fully saturated rings. The monoisotopic (exact) mass is 210 g/mol. The Morgan fingerprint density at radius 3 is 2.50 bits per heavy atom. The summed E-state index contributed by atoms with van der Waals surface area (Å²) < 4.78 is 10.6. The van der Waals surface area contributed by atoms with E-state index in [9.17, 15) is 0 Å². The van der Waals surface area contributed by atoms with Gasteiger partial charge in [0.1, 0.15) is 0 Å². The average molecular weight is 210 g/mol. The van der Waals surface area contributed by atoms with E-state index in [1.54, 1.807) is 14.2 Å². The van der Waals surface area contributed by atoms with Crippen molar-refractivity contribution in [3.8, 4) is 11.5 Å². The average Bonchev–Trinajstić information content (AvgIpc) is 2.27. The third kappa shape index (κ3) is 3.30. The van der Waals surface area contributed by atoms with Crippen LogP contribution in [0.3, 0.4) is 0 Å². The molecular weight excluding hydrogens is 192 g/mol. The van der Waals surface area contributed by atoms with Gasteiger partial charge in [-0.3, -0.25) is 0 Å². The molecule has 78 valence electrons. The quantitative estimate of drug-likeness (QED) is 0.515. The first kappa shape index (κ1) is 11.5. The summed E-state index contributed by atoms with van der Waals surface area (Å²) in [6.45, 7) is 1.96. The fourth-order valence-electron chi connectivity index (χ4n) is 1.33. The summed E-state index contributed by atoms with van der Waals surface area (Å²) in [5.41, 5.74) is 4.40. The zero-order valence-corrected chi connectivity index (χ0v) is 10.2. The molecule has 0 unspecified atom stereocenters. The molecule has 1 aliphatic carbocycles. The summed E-state index contributed by atoms with van der Waals surface area (Å²) in [6, 6.07) is 0. The molecule has 0 amide bonds. The molecule has 3 heteroatoms. The van der Waals surface area contributed by atoms with Crippen molar-refractivity contribution in [1.82, 2.24) is 0 Å². The van der Waals surface area contributed by atoms with Gasteiger partial charge in [0.05, 0.1) is 0 Å². The second-order valence-corrected chi connectivity index (χ2v) is 6.54. The number of hydrogen-bond donors (Lipinski definition) is 0. The molecule has 0 saturated heterocycles. The Labute approximate surface area is 87.5 Å². The maximum Gasteiger partial charge on any atom is 0.420 e. The van der Waals surface area contributed by atoms with Crippen LogP contribution >= 0.6 is 0 Å². The lowest BCUT2D eigenvalue weighted by atomic mass is 10.0. The zero-order chi connectivity index (χ0) is 10.4. The molecule has 0 spiro atoms. The maximum atomic E-state index is 5.29. The van der Waals surface area contributed by atoms with Crippen molar-refractivity contribution < 1.29 is 8.85 Å². The Hall–Kier alpha value is -0.563. The van der Waals surface area contributed by atoms with E-state index < -0.39 is 8.56 Å². The Balaban J connectivity index is 2.65. The first-order valence-electron chi connectivity index (χ1n) is 5.03. The number of allylic oxidation sites excluding steroid dienone is 2. The smallest absolute Gasteiger partial charge is 0.389 e. The highest BCUT2D eigenvalue weighted by molar-refractivity contribution is 6.74. The second kappa shape index (κ2) is 5.35. The molecule has 0 aliphatic heterocycles. The Kier molecular flexibility index (Phi) is 4.40. The summed E-state index contributed by atoms with van der Waals surface area (Å²) in [5.74, 6) is 3.19. The van der Waals surface area contributed by atoms with E-state index in [0.717, 1.165) is 6.42 Å². The van der Waals surface area contributed by atoms with Crippen LogP contribution in [-0.4, -0.2) is 22.8 Å². The van der Waals surface area contributed by atoms with E-state index in [0.29, 0.717) is 0 Å². The van der Waals surface area contributed by atoms with Gasteiger partial charge in [0, 0.05) is 14.2 Å². The highest BCUT2D eigenvalue weighted by Crippen LogP contribution is 2.16. The highest BCUT2D eigenvalue weighted by atomic mass is 28.4. The molecule has 0 aromatic heterocycles. The van der Waals surface area contributed by atoms with E-state index in [1.807, 2.05) is 6.55 Å². The molecule has 0 heterocycles. The first-order valence-corrected chi connectivity index (χ1v) is 7.34. The molecule has 0 aromatic rings. The van der Waals surface area contributed by atoms with Crippen LogP contribution in [0.1, 0.15) is 25.7 Å². The lowest BCUT2D eigenvalue weighted by Crippen LogP contribution is -2.34. The maximum absolute atomic E-state index is 5.29. The molecule has 0 N–H and O–H groups in total. The molecule has 1 aliphatic rings. The largest absolute Gasteiger partial charge is 0.420 e. The summed E-state index contributed by atoms with van der Waals surface area (Å²) in [4.78, 5) is 0. The van der Waals surface area contributed by atoms with Crippen LogP contribution in [0.2, 0.25) is 6.55 Å². The molecule has 0 saturated carbocycles. The van der Waals surface area contributed by atoms with E-state index in [4.69, 9.17) is 8.85 Å². The van der Waals surface area contributed by atoms with E-state index in [-0.39, 0.29) is 0 Å². The van der Waals surface area contributed by atoms with Gasteiger partial charge in [0.15, 0.2) is 0 Å². The minimum atomic E-state index is -2.18. The van der Waals surface area contributed by atoms with Gasteiger partial charge >= 0.3 is 8.56 Å². The minimum absolute atomic E-state index is 1.12. The highest BCUT2D eigenvalue weighted by Gasteiger charge is 2.26. The predicted octanol–water partition coefficient (Wildman–Crippen LogP) is 2.39. The summed E-state index contributed by atoms with van der Waals surface area (Å²) >= 11 is 0. The van der Waals surface area contributed by atoms with Gasteiger partial charge in [0.2, 0.25) is 0 Å². The molecule has 0 radical (unpaired) electrons. The molecule has 0 atom stereocenters. The van der Waals surface area contributed by atoms with Crippen molar-refractivity contribution in [2.75, 3.05) is 14.2 Å². The first-order chi connectivity index (χ1) is 6.70. The van der Waals surface area contributed by atoms with Gasteiger partial charge < -0.3 is 8.85 Å². The fourth-order valence-corrected chi connectivity index (χ4v) is 2.09. The van der Waals surface area contributed by atoms with Gasteiger partial charge in [0.25, 0.3) is 0 Å². The van der Waals surface area contributed by atoms with Gasteiger partial charge in [-0.25, -0.2) is 0 Å². The van der Waals surface area contributed by atoms with Crippen LogP contribution in [0.15, 0.2) is 11.6 Å². The molecule has 0 bridgehead atoms. The van der Waals surface area contributed by atoms with Crippen LogP contribution in [0.4, 0.5) is 0 Å². The Bertz CT molecular complexity index is 269. The van der Waals surface area contributed by atoms with Crippen molar-refractivity contribution >= 4 is 8.56 Å². The van der Waals surface area contributed by atoms with Crippen molar-refractivity contribution in [3.05, 3.63) is 11.6 Å². The molecule has 2 nitrogen and oxygen atoms in total. The fraction of sp³-hybridized carbons (Fsp3) is 0.636. The molecule has 0 aromatic carbocycles. The standard InChI is InChI=1S/C11H18O2Si/c1-12-14(3,13-2)10-9-11-7-5-4-6-8-11/h7H,4-6,8H2,1-3H3. The number of hydrogen-bond acceptors (Lipinski definition) is 2. The van der Waals surface area contributed by atoms with E-state index in [1.165, 1.54) is 24.8 Å². The summed E-state index contributed by atoms with van der Waals surface area (Å²) in [5, 5.41) is 0. The SMILES string of the molecule is CO[Si](C)(C#CC1=CCCCC1)OC. The minimum Gasteiger partial charge on any atom is -0.389 e. The van der Waals surface area contributed by atoms with Crippen molar-refractivity contribution in [2.24, 2.45) is 0 Å². The second-order valence-electron chi connectivity index (χ2n) is 3.58. The number of rotatable bonds is 2. The Morgan fingerprint density at radius 2 is 2.00 bits per heavy atom. The van der Waals surface area contributed by atoms with Gasteiger partial charge in [-0.1, -0.05) is 17.5 Å². The van der Waals surface area contributed by atoms with Crippen molar-refractivity contribution in [3.63, 3.8) is 0 Å². The van der Waals surface area contributed by atoms with Crippen LogP contribution in [0, 0.1) is 11.5 Å². The third-order valence-electron chi connectivity index (χ3n) is 2.52.